The van der Waals surface area contributed by atoms with Gasteiger partial charge < -0.3 is 20.7 Å². The summed E-state index contributed by atoms with van der Waals surface area (Å²) in [5, 5.41) is 3.62. The predicted molar refractivity (Wildman–Crippen MR) is 189 cm³/mol. The van der Waals surface area contributed by atoms with E-state index in [0.717, 1.165) is 31.5 Å². The van der Waals surface area contributed by atoms with Crippen LogP contribution < -0.4 is 16.0 Å². The highest BCUT2D eigenvalue weighted by molar-refractivity contribution is 6.31. The third-order valence-electron chi connectivity index (χ3n) is 8.08. The second-order valence-corrected chi connectivity index (χ2v) is 12.1. The van der Waals surface area contributed by atoms with Crippen LogP contribution in [0.25, 0.3) is 0 Å². The van der Waals surface area contributed by atoms with Crippen molar-refractivity contribution in [1.82, 2.24) is 4.90 Å². The number of halogens is 3. The Kier molecular flexibility index (Phi) is 14.5. The molecule has 2 amide bonds. The minimum Gasteiger partial charge on any atom is -0.462 e. The molecule has 1 saturated carbocycles. The van der Waals surface area contributed by atoms with E-state index in [0.29, 0.717) is 52.3 Å². The Morgan fingerprint density at radius 2 is 1.79 bits per heavy atom. The van der Waals surface area contributed by atoms with Crippen molar-refractivity contribution in [1.29, 1.82) is 0 Å². The van der Waals surface area contributed by atoms with E-state index in [2.05, 4.69) is 10.2 Å². The van der Waals surface area contributed by atoms with Crippen LogP contribution in [-0.2, 0) is 14.3 Å². The maximum absolute atomic E-state index is 14.7. The lowest BCUT2D eigenvalue weighted by Crippen LogP contribution is -2.43. The zero-order chi connectivity index (χ0) is 34.7. The molecular formula is C36H45Cl2FN4O4. The molecule has 3 N–H and O–H groups in total. The lowest BCUT2D eigenvalue weighted by Gasteiger charge is -2.28. The summed E-state index contributed by atoms with van der Waals surface area (Å²) in [6, 6.07) is 15.0. The number of benzene rings is 3. The van der Waals surface area contributed by atoms with Crippen LogP contribution in [0.2, 0.25) is 10.0 Å². The third-order valence-corrected chi connectivity index (χ3v) is 8.61. The topological polar surface area (TPSA) is 105 Å². The molecule has 1 aliphatic carbocycles. The average Bonchev–Trinajstić information content (AvgIpc) is 3.78. The zero-order valence-corrected chi connectivity index (χ0v) is 29.2. The van der Waals surface area contributed by atoms with Gasteiger partial charge >= 0.3 is 5.97 Å². The fraction of sp³-hybridized carbons (Fsp3) is 0.417. The van der Waals surface area contributed by atoms with Crippen LogP contribution in [-0.4, -0.2) is 55.5 Å². The highest BCUT2D eigenvalue weighted by atomic mass is 35.5. The van der Waals surface area contributed by atoms with Gasteiger partial charge in [0.15, 0.2) is 0 Å². The van der Waals surface area contributed by atoms with Gasteiger partial charge in [0.25, 0.3) is 0 Å². The molecule has 11 heteroatoms. The lowest BCUT2D eigenvalue weighted by molar-refractivity contribution is -0.120. The molecule has 3 aromatic carbocycles. The number of aryl methyl sites for hydroxylation is 1. The molecule has 0 spiro atoms. The Labute approximate surface area is 287 Å². The van der Waals surface area contributed by atoms with Crippen LogP contribution >= 0.6 is 23.2 Å². The number of nitrogens with one attached hydrogen (secondary N) is 1. The molecule has 2 atom stereocenters. The number of likely N-dealkylation sites (tertiary alicyclic amines) is 1. The number of hydrogen-bond acceptors (Lipinski definition) is 6. The first-order valence-corrected chi connectivity index (χ1v) is 16.9. The first-order chi connectivity index (χ1) is 22.6. The van der Waals surface area contributed by atoms with Crippen LogP contribution in [0.3, 0.4) is 0 Å². The summed E-state index contributed by atoms with van der Waals surface area (Å²) >= 11 is 12.0. The second kappa shape index (κ2) is 18.0. The summed E-state index contributed by atoms with van der Waals surface area (Å²) in [6.07, 6.45) is 3.86. The van der Waals surface area contributed by atoms with Crippen molar-refractivity contribution in [2.45, 2.75) is 65.8 Å². The standard InChI is InChI=1S/C21H21Cl2FN2O.C13H18N2O3.C2H6/c22-14-3-1-4-15(11-14)25-21(27)20-17(9-10-26(20)12-13-7-8-13)16-5-2-6-18(23)19(16)24;1-4-15(8-16)12-6-9(3)10(7-11(12)14)13(17)18-5-2;1-2/h1-6,11,13,17,20H,7-10,12H2,(H,25,27);6-8H,4-5,14H2,1-3H3;1-2H3. The van der Waals surface area contributed by atoms with E-state index in [1.165, 1.54) is 17.7 Å². The van der Waals surface area contributed by atoms with Crippen molar-refractivity contribution in [3.63, 3.8) is 0 Å². The number of esters is 1. The highest BCUT2D eigenvalue weighted by Crippen LogP contribution is 2.40. The van der Waals surface area contributed by atoms with Crippen LogP contribution in [0.15, 0.2) is 54.6 Å². The van der Waals surface area contributed by atoms with Gasteiger partial charge in [-0.25, -0.2) is 9.18 Å². The van der Waals surface area contributed by atoms with E-state index in [1.807, 2.05) is 20.8 Å². The Morgan fingerprint density at radius 1 is 1.09 bits per heavy atom. The van der Waals surface area contributed by atoms with Crippen LogP contribution in [0.1, 0.15) is 74.4 Å². The Hall–Kier alpha value is -3.66. The van der Waals surface area contributed by atoms with Crippen molar-refractivity contribution in [3.05, 3.63) is 87.2 Å². The van der Waals surface area contributed by atoms with Gasteiger partial charge in [-0.05, 0) is 100 Å². The van der Waals surface area contributed by atoms with E-state index >= 15 is 0 Å². The zero-order valence-electron chi connectivity index (χ0n) is 27.7. The first-order valence-electron chi connectivity index (χ1n) is 16.1. The average molecular weight is 688 g/mol. The van der Waals surface area contributed by atoms with Crippen LogP contribution in [0.4, 0.5) is 21.5 Å². The maximum atomic E-state index is 14.7. The summed E-state index contributed by atoms with van der Waals surface area (Å²) in [4.78, 5) is 39.4. The molecule has 3 aromatic rings. The molecule has 1 saturated heterocycles. The number of carbonyl (C=O) groups is 3. The van der Waals surface area contributed by atoms with E-state index in [-0.39, 0.29) is 16.8 Å². The van der Waals surface area contributed by atoms with Crippen molar-refractivity contribution < 1.29 is 23.5 Å². The highest BCUT2D eigenvalue weighted by Gasteiger charge is 2.43. The van der Waals surface area contributed by atoms with Gasteiger partial charge in [-0.15, -0.1) is 0 Å². The van der Waals surface area contributed by atoms with Gasteiger partial charge in [-0.1, -0.05) is 55.2 Å². The van der Waals surface area contributed by atoms with E-state index in [1.54, 1.807) is 68.4 Å². The van der Waals surface area contributed by atoms with Crippen molar-refractivity contribution in [2.75, 3.05) is 42.2 Å². The van der Waals surface area contributed by atoms with Crippen LogP contribution in [0.5, 0.6) is 0 Å². The van der Waals surface area contributed by atoms with E-state index < -0.39 is 17.8 Å². The normalized spacial score (nSPS) is 17.0. The summed E-state index contributed by atoms with van der Waals surface area (Å²) in [5.41, 5.74) is 9.20. The van der Waals surface area contributed by atoms with E-state index in [4.69, 9.17) is 33.7 Å². The number of ether oxygens (including phenoxy) is 1. The third kappa shape index (κ3) is 9.92. The Balaban J connectivity index is 0.000000263. The fourth-order valence-corrected chi connectivity index (χ4v) is 6.02. The molecule has 0 aromatic heterocycles. The molecular weight excluding hydrogens is 642 g/mol. The first kappa shape index (κ1) is 37.8. The molecule has 2 fully saturated rings. The summed E-state index contributed by atoms with van der Waals surface area (Å²) in [7, 11) is 0. The van der Waals surface area contributed by atoms with Crippen molar-refractivity contribution in [2.24, 2.45) is 5.92 Å². The molecule has 47 heavy (non-hydrogen) atoms. The van der Waals surface area contributed by atoms with Gasteiger partial charge in [-0.2, -0.15) is 0 Å². The molecule has 2 unspecified atom stereocenters. The van der Waals surface area contributed by atoms with Gasteiger partial charge in [0.1, 0.15) is 5.82 Å². The number of nitrogens with zero attached hydrogens (tertiary/aromatic N) is 2. The van der Waals surface area contributed by atoms with Crippen molar-refractivity contribution >= 4 is 58.6 Å². The van der Waals surface area contributed by atoms with Gasteiger partial charge in [0.05, 0.1) is 34.6 Å². The largest absolute Gasteiger partial charge is 0.462 e. The summed E-state index contributed by atoms with van der Waals surface area (Å²) in [6.45, 7) is 11.9. The second-order valence-electron chi connectivity index (χ2n) is 11.3. The molecule has 1 aliphatic heterocycles. The van der Waals surface area contributed by atoms with Crippen LogP contribution in [0, 0.1) is 18.7 Å². The molecule has 0 bridgehead atoms. The molecule has 5 rings (SSSR count). The Morgan fingerprint density at radius 3 is 2.40 bits per heavy atom. The quantitative estimate of drug-likeness (QED) is 0.127. The molecule has 254 valence electrons. The number of rotatable bonds is 10. The fourth-order valence-electron chi connectivity index (χ4n) is 5.65. The molecule has 0 radical (unpaired) electrons. The SMILES string of the molecule is CC.CCOC(=O)c1cc(N)c(N(C=O)CC)cc1C.O=C(Nc1cccc(Cl)c1)C1C(c2cccc(Cl)c2F)CCN1CC1CC1. The number of hydrogen-bond donors (Lipinski definition) is 2. The lowest BCUT2D eigenvalue weighted by atomic mass is 9.90. The van der Waals surface area contributed by atoms with E-state index in [9.17, 15) is 18.8 Å². The van der Waals surface area contributed by atoms with Gasteiger partial charge in [0.2, 0.25) is 12.3 Å². The molecule has 1 heterocycles. The number of carbonyl (C=O) groups excluding carboxylic acids is 3. The molecule has 8 nitrogen and oxygen atoms in total. The van der Waals surface area contributed by atoms with Gasteiger partial charge in [0, 0.05) is 29.7 Å². The minimum atomic E-state index is -0.419. The number of anilines is 3. The molecule has 2 aliphatic rings. The minimum absolute atomic E-state index is 0.0992. The predicted octanol–water partition coefficient (Wildman–Crippen LogP) is 8.10. The van der Waals surface area contributed by atoms with Gasteiger partial charge in [-0.3, -0.25) is 14.5 Å². The maximum Gasteiger partial charge on any atom is 0.338 e. The Bertz CT molecular complexity index is 1530. The number of amides is 2. The van der Waals surface area contributed by atoms with Crippen molar-refractivity contribution in [3.8, 4) is 0 Å². The summed E-state index contributed by atoms with van der Waals surface area (Å²) < 4.78 is 19.6. The number of nitrogens with two attached hydrogens (primary N) is 1. The smallest absolute Gasteiger partial charge is 0.338 e. The monoisotopic (exact) mass is 686 g/mol. The number of nitrogen functional groups attached to an aromatic ring is 1. The summed E-state index contributed by atoms with van der Waals surface area (Å²) in [5.74, 6) is -0.517.